The number of aryl methyl sites for hydroxylation is 2. The zero-order valence-electron chi connectivity index (χ0n) is 16.2. The Bertz CT molecular complexity index is 1110. The van der Waals surface area contributed by atoms with Gasteiger partial charge in [-0.25, -0.2) is 9.67 Å². The van der Waals surface area contributed by atoms with Crippen LogP contribution in [0.25, 0.3) is 5.82 Å². The highest BCUT2D eigenvalue weighted by Gasteiger charge is 2.23. The van der Waals surface area contributed by atoms with Gasteiger partial charge in [0.25, 0.3) is 11.8 Å². The number of anilines is 1. The van der Waals surface area contributed by atoms with Crippen molar-refractivity contribution in [1.82, 2.24) is 24.6 Å². The molecule has 150 valence electrons. The van der Waals surface area contributed by atoms with Crippen LogP contribution in [0.15, 0.2) is 35.1 Å². The molecule has 3 heterocycles. The molecule has 0 spiro atoms. The number of carbonyl (C=O) groups excluding carboxylic acids is 2. The van der Waals surface area contributed by atoms with Crippen molar-refractivity contribution in [2.75, 3.05) is 19.4 Å². The molecule has 8 nitrogen and oxygen atoms in total. The number of aromatic nitrogens is 4. The average molecular weight is 478 g/mol. The molecule has 1 N–H and O–H groups in total. The summed E-state index contributed by atoms with van der Waals surface area (Å²) < 4.78 is 1.78. The molecule has 3 rings (SSSR count). The fraction of sp³-hybridized carbons (Fsp3) is 0.211. The number of nitrogens with zero attached hydrogens (tertiary/aromatic N) is 5. The molecule has 2 amide bonds. The van der Waals surface area contributed by atoms with E-state index in [-0.39, 0.29) is 11.6 Å². The lowest BCUT2D eigenvalue weighted by Crippen LogP contribution is -2.26. The van der Waals surface area contributed by atoms with Gasteiger partial charge in [-0.3, -0.25) is 14.6 Å². The third kappa shape index (κ3) is 4.30. The summed E-state index contributed by atoms with van der Waals surface area (Å²) in [5.41, 5.74) is 2.11. The van der Waals surface area contributed by atoms with Gasteiger partial charge in [-0.1, -0.05) is 11.6 Å². The lowest BCUT2D eigenvalue weighted by Gasteiger charge is -2.17. The summed E-state index contributed by atoms with van der Waals surface area (Å²) in [4.78, 5) is 35.7. The summed E-state index contributed by atoms with van der Waals surface area (Å²) in [6.07, 6.45) is 1.56. The Morgan fingerprint density at radius 2 is 1.97 bits per heavy atom. The minimum Gasteiger partial charge on any atom is -0.345 e. The Morgan fingerprint density at radius 3 is 2.62 bits per heavy atom. The van der Waals surface area contributed by atoms with Crippen LogP contribution in [-0.2, 0) is 0 Å². The Labute approximate surface area is 181 Å². The number of hydrogen-bond donors (Lipinski definition) is 1. The highest BCUT2D eigenvalue weighted by atomic mass is 79.9. The van der Waals surface area contributed by atoms with Crippen LogP contribution in [0.3, 0.4) is 0 Å². The Morgan fingerprint density at radius 1 is 1.24 bits per heavy atom. The van der Waals surface area contributed by atoms with E-state index in [2.05, 4.69) is 36.3 Å². The molecular formula is C19H18BrClN6O2. The highest BCUT2D eigenvalue weighted by molar-refractivity contribution is 9.10. The highest BCUT2D eigenvalue weighted by Crippen LogP contribution is 2.25. The molecule has 0 fully saturated rings. The Hall–Kier alpha value is -2.78. The fourth-order valence-corrected chi connectivity index (χ4v) is 3.36. The minimum atomic E-state index is -0.480. The van der Waals surface area contributed by atoms with E-state index in [9.17, 15) is 9.59 Å². The monoisotopic (exact) mass is 476 g/mol. The van der Waals surface area contributed by atoms with E-state index in [0.29, 0.717) is 38.1 Å². The second kappa shape index (κ2) is 8.30. The fourth-order valence-electron chi connectivity index (χ4n) is 2.78. The Kier molecular flexibility index (Phi) is 5.99. The van der Waals surface area contributed by atoms with E-state index in [1.54, 1.807) is 58.4 Å². The van der Waals surface area contributed by atoms with Crippen LogP contribution in [0.1, 0.15) is 32.2 Å². The topological polar surface area (TPSA) is 93.0 Å². The first-order valence-corrected chi connectivity index (χ1v) is 9.74. The molecule has 0 aliphatic carbocycles. The van der Waals surface area contributed by atoms with Gasteiger partial charge in [0, 0.05) is 32.1 Å². The van der Waals surface area contributed by atoms with E-state index in [1.165, 1.54) is 9.58 Å². The molecule has 0 aliphatic heterocycles. The smallest absolute Gasteiger partial charge is 0.274 e. The van der Waals surface area contributed by atoms with Crippen LogP contribution in [0.4, 0.5) is 5.69 Å². The van der Waals surface area contributed by atoms with Gasteiger partial charge in [-0.15, -0.1) is 0 Å². The van der Waals surface area contributed by atoms with Gasteiger partial charge < -0.3 is 10.2 Å². The molecule has 0 atom stereocenters. The maximum absolute atomic E-state index is 13.1. The van der Waals surface area contributed by atoms with Crippen molar-refractivity contribution in [3.8, 4) is 5.82 Å². The Balaban J connectivity index is 2.05. The molecule has 3 aromatic rings. The summed E-state index contributed by atoms with van der Waals surface area (Å²) in [6.45, 7) is 3.53. The van der Waals surface area contributed by atoms with Crippen molar-refractivity contribution in [2.45, 2.75) is 13.8 Å². The maximum Gasteiger partial charge on any atom is 0.274 e. The SMILES string of the molecule is Cc1cc(C(=O)N(C)C)c(NC(=O)c2cc(Br)nn2-c2ncccc2Cl)c(C)n1. The van der Waals surface area contributed by atoms with Crippen LogP contribution in [-0.4, -0.2) is 50.6 Å². The van der Waals surface area contributed by atoms with Gasteiger partial charge in [0.2, 0.25) is 0 Å². The molecule has 10 heteroatoms. The zero-order chi connectivity index (χ0) is 21.3. The largest absolute Gasteiger partial charge is 0.345 e. The summed E-state index contributed by atoms with van der Waals surface area (Å²) in [5, 5.41) is 7.40. The predicted octanol–water partition coefficient (Wildman–Crippen LogP) is 3.65. The van der Waals surface area contributed by atoms with E-state index < -0.39 is 5.91 Å². The van der Waals surface area contributed by atoms with Crippen LogP contribution in [0.2, 0.25) is 5.02 Å². The van der Waals surface area contributed by atoms with Crippen LogP contribution < -0.4 is 5.32 Å². The normalized spacial score (nSPS) is 10.7. The molecular weight excluding hydrogens is 460 g/mol. The summed E-state index contributed by atoms with van der Waals surface area (Å²) in [6, 6.07) is 6.53. The molecule has 0 radical (unpaired) electrons. The first-order chi connectivity index (χ1) is 13.7. The molecule has 3 aromatic heterocycles. The molecule has 0 unspecified atom stereocenters. The standard InChI is InChI=1S/C19H18BrClN6O2/c1-10-8-12(19(29)26(3)4)16(11(2)23-10)24-18(28)14-9-15(20)25-27(14)17-13(21)6-5-7-22-17/h5-9H,1-4H3,(H,24,28). The summed E-state index contributed by atoms with van der Waals surface area (Å²) in [7, 11) is 3.29. The third-order valence-corrected chi connectivity index (χ3v) is 4.74. The van der Waals surface area contributed by atoms with E-state index in [4.69, 9.17) is 11.6 Å². The van der Waals surface area contributed by atoms with Gasteiger partial charge in [0.05, 0.1) is 22.0 Å². The minimum absolute atomic E-state index is 0.195. The van der Waals surface area contributed by atoms with Crippen LogP contribution in [0, 0.1) is 13.8 Å². The van der Waals surface area contributed by atoms with Crippen molar-refractivity contribution < 1.29 is 9.59 Å². The molecule has 29 heavy (non-hydrogen) atoms. The van der Waals surface area contributed by atoms with Crippen molar-refractivity contribution in [2.24, 2.45) is 0 Å². The van der Waals surface area contributed by atoms with Gasteiger partial charge >= 0.3 is 0 Å². The lowest BCUT2D eigenvalue weighted by molar-refractivity contribution is 0.0828. The average Bonchev–Trinajstić information content (AvgIpc) is 3.05. The van der Waals surface area contributed by atoms with Gasteiger partial charge in [0.15, 0.2) is 5.82 Å². The first-order valence-electron chi connectivity index (χ1n) is 8.56. The number of rotatable bonds is 4. The molecule has 0 aromatic carbocycles. The van der Waals surface area contributed by atoms with E-state index >= 15 is 0 Å². The predicted molar refractivity (Wildman–Crippen MR) is 114 cm³/mol. The van der Waals surface area contributed by atoms with Crippen molar-refractivity contribution >= 4 is 45.0 Å². The van der Waals surface area contributed by atoms with Gasteiger partial charge in [-0.2, -0.15) is 5.10 Å². The van der Waals surface area contributed by atoms with Crippen molar-refractivity contribution in [1.29, 1.82) is 0 Å². The third-order valence-electron chi connectivity index (χ3n) is 4.06. The van der Waals surface area contributed by atoms with E-state index in [1.807, 2.05) is 0 Å². The van der Waals surface area contributed by atoms with Gasteiger partial charge in [0.1, 0.15) is 10.3 Å². The second-order valence-corrected chi connectivity index (χ2v) is 7.72. The first kappa shape index (κ1) is 20.9. The number of nitrogens with one attached hydrogen (secondary N) is 1. The van der Waals surface area contributed by atoms with Crippen molar-refractivity contribution in [3.63, 3.8) is 0 Å². The molecule has 0 bridgehead atoms. The molecule has 0 aliphatic rings. The summed E-state index contributed by atoms with van der Waals surface area (Å²) in [5.74, 6) is -0.406. The number of halogens is 2. The number of pyridine rings is 2. The van der Waals surface area contributed by atoms with Crippen LogP contribution >= 0.6 is 27.5 Å². The molecule has 0 saturated heterocycles. The summed E-state index contributed by atoms with van der Waals surface area (Å²) >= 11 is 9.50. The van der Waals surface area contributed by atoms with E-state index in [0.717, 1.165) is 0 Å². The number of hydrogen-bond acceptors (Lipinski definition) is 5. The maximum atomic E-state index is 13.1. The second-order valence-electron chi connectivity index (χ2n) is 6.50. The quantitative estimate of drug-likeness (QED) is 0.619. The zero-order valence-corrected chi connectivity index (χ0v) is 18.5. The van der Waals surface area contributed by atoms with Gasteiger partial charge in [-0.05, 0) is 48.0 Å². The van der Waals surface area contributed by atoms with Crippen LogP contribution in [0.5, 0.6) is 0 Å². The number of carbonyl (C=O) groups is 2. The molecule has 0 saturated carbocycles. The van der Waals surface area contributed by atoms with Crippen molar-refractivity contribution in [3.05, 3.63) is 62.7 Å². The lowest BCUT2D eigenvalue weighted by atomic mass is 10.1. The number of amides is 2.